The summed E-state index contributed by atoms with van der Waals surface area (Å²) in [6.45, 7) is 7.60. The molecule has 0 atom stereocenters. The number of nitrogens with one attached hydrogen (secondary N) is 2. The summed E-state index contributed by atoms with van der Waals surface area (Å²) in [6, 6.07) is 8.89. The first-order valence-corrected chi connectivity index (χ1v) is 12.0. The number of allylic oxidation sites excluding steroid dienone is 3. The number of pyridine rings is 1. The summed E-state index contributed by atoms with van der Waals surface area (Å²) >= 11 is 0. The van der Waals surface area contributed by atoms with E-state index in [1.54, 1.807) is 56.7 Å². The number of hydrogen-bond donors (Lipinski definition) is 2. The van der Waals surface area contributed by atoms with Crippen LogP contribution >= 0.6 is 0 Å². The minimum atomic E-state index is -4.51. The fourth-order valence-corrected chi connectivity index (χ4v) is 3.55. The number of aryl methyl sites for hydroxylation is 2. The van der Waals surface area contributed by atoms with Crippen molar-refractivity contribution in [1.29, 1.82) is 0 Å². The number of hydrazone groups is 1. The van der Waals surface area contributed by atoms with Crippen LogP contribution in [0.4, 0.5) is 30.5 Å². The second kappa shape index (κ2) is 12.2. The Balaban J connectivity index is 1.46. The molecular weight excluding hydrogens is 519 g/mol. The highest BCUT2D eigenvalue weighted by atomic mass is 19.4. The van der Waals surface area contributed by atoms with Crippen molar-refractivity contribution in [3.8, 4) is 5.69 Å². The van der Waals surface area contributed by atoms with Crippen LogP contribution in [0.1, 0.15) is 28.3 Å². The quantitative estimate of drug-likeness (QED) is 0.148. The van der Waals surface area contributed by atoms with Gasteiger partial charge in [0.25, 0.3) is 0 Å². The molecule has 0 bridgehead atoms. The number of aromatic nitrogens is 5. The number of aliphatic imine (C=N–C) groups is 1. The Morgan fingerprint density at radius 3 is 2.52 bits per heavy atom. The average Bonchev–Trinajstić information content (AvgIpc) is 3.35. The third-order valence-corrected chi connectivity index (χ3v) is 5.41. The van der Waals surface area contributed by atoms with Crippen LogP contribution in [0.15, 0.2) is 83.9 Å². The fourth-order valence-electron chi connectivity index (χ4n) is 3.55. The fraction of sp³-hybridized carbons (Fsp3) is 0.143. The SMILES string of the molecule is C=C(/C=C\C=N/C)c1cc(C)nc(N/N=C/c2ccc(Nc3cc(-n4cnc(C)c4)cc(C(F)(F)F)c3)cn2)n1. The second-order valence-electron chi connectivity index (χ2n) is 8.67. The Labute approximate surface area is 229 Å². The van der Waals surface area contributed by atoms with Gasteiger partial charge in [-0.1, -0.05) is 12.7 Å². The summed E-state index contributed by atoms with van der Waals surface area (Å²) in [6.07, 6.45) is 6.80. The Morgan fingerprint density at radius 1 is 1.02 bits per heavy atom. The highest BCUT2D eigenvalue weighted by Crippen LogP contribution is 2.33. The summed E-state index contributed by atoms with van der Waals surface area (Å²) in [5, 5.41) is 7.13. The van der Waals surface area contributed by atoms with E-state index in [0.717, 1.165) is 17.8 Å². The van der Waals surface area contributed by atoms with Crippen LogP contribution in [-0.2, 0) is 6.18 Å². The second-order valence-corrected chi connectivity index (χ2v) is 8.67. The maximum Gasteiger partial charge on any atom is 0.416 e. The summed E-state index contributed by atoms with van der Waals surface area (Å²) in [7, 11) is 1.68. The van der Waals surface area contributed by atoms with Crippen LogP contribution in [0.2, 0.25) is 0 Å². The maximum absolute atomic E-state index is 13.5. The number of imidazole rings is 1. The van der Waals surface area contributed by atoms with Gasteiger partial charge >= 0.3 is 6.18 Å². The summed E-state index contributed by atoms with van der Waals surface area (Å²) < 4.78 is 42.2. The molecule has 12 heteroatoms. The van der Waals surface area contributed by atoms with Gasteiger partial charge in [0.2, 0.25) is 5.95 Å². The van der Waals surface area contributed by atoms with Crippen molar-refractivity contribution >= 4 is 35.3 Å². The van der Waals surface area contributed by atoms with Crippen molar-refractivity contribution in [2.75, 3.05) is 17.8 Å². The first-order valence-electron chi connectivity index (χ1n) is 12.0. The number of hydrogen-bond acceptors (Lipinski definition) is 8. The molecule has 9 nitrogen and oxygen atoms in total. The summed E-state index contributed by atoms with van der Waals surface area (Å²) in [5.41, 5.74) is 6.35. The lowest BCUT2D eigenvalue weighted by atomic mass is 10.1. The van der Waals surface area contributed by atoms with E-state index in [1.807, 2.05) is 13.0 Å². The summed E-state index contributed by atoms with van der Waals surface area (Å²) in [5.74, 6) is 0.289. The molecule has 3 aromatic heterocycles. The van der Waals surface area contributed by atoms with E-state index >= 15 is 0 Å². The predicted octanol–water partition coefficient (Wildman–Crippen LogP) is 6.15. The number of benzene rings is 1. The first kappa shape index (κ1) is 27.9. The first-order chi connectivity index (χ1) is 19.1. The van der Waals surface area contributed by atoms with E-state index in [1.165, 1.54) is 23.3 Å². The Bertz CT molecular complexity index is 1580. The van der Waals surface area contributed by atoms with Gasteiger partial charge in [-0.05, 0) is 61.9 Å². The van der Waals surface area contributed by atoms with Crippen LogP contribution in [-0.4, -0.2) is 44.0 Å². The van der Waals surface area contributed by atoms with Crippen molar-refractivity contribution in [3.05, 3.63) is 102 Å². The maximum atomic E-state index is 13.5. The molecule has 0 saturated heterocycles. The summed E-state index contributed by atoms with van der Waals surface area (Å²) in [4.78, 5) is 21.0. The third kappa shape index (κ3) is 7.47. The minimum absolute atomic E-state index is 0.256. The highest BCUT2D eigenvalue weighted by Gasteiger charge is 2.31. The lowest BCUT2D eigenvalue weighted by Gasteiger charge is -2.14. The van der Waals surface area contributed by atoms with Crippen LogP contribution in [0.5, 0.6) is 0 Å². The topological polar surface area (TPSA) is 105 Å². The van der Waals surface area contributed by atoms with Crippen molar-refractivity contribution in [2.45, 2.75) is 20.0 Å². The van der Waals surface area contributed by atoms with E-state index in [2.05, 4.69) is 47.4 Å². The minimum Gasteiger partial charge on any atom is -0.354 e. The molecule has 0 spiro atoms. The molecular formula is C28H26F3N9. The standard InChI is InChI=1S/C28H26F3N9/c1-18(6-5-9-32-4)26-10-19(2)36-27(38-26)39-35-15-22-7-8-23(14-33-22)37-24-11-21(28(29,30)31)12-25(13-24)40-16-20(3)34-17-40/h5-17,37H,1H2,2-4H3,(H,36,38,39)/b6-5-,32-9-,35-15+. The monoisotopic (exact) mass is 545 g/mol. The van der Waals surface area contributed by atoms with Crippen molar-refractivity contribution in [2.24, 2.45) is 10.1 Å². The Kier molecular flexibility index (Phi) is 8.48. The molecule has 0 unspecified atom stereocenters. The van der Waals surface area contributed by atoms with Gasteiger partial charge in [0.1, 0.15) is 0 Å². The number of rotatable bonds is 9. The lowest BCUT2D eigenvalue weighted by molar-refractivity contribution is -0.137. The molecule has 40 heavy (non-hydrogen) atoms. The molecule has 0 radical (unpaired) electrons. The van der Waals surface area contributed by atoms with E-state index in [4.69, 9.17) is 0 Å². The van der Waals surface area contributed by atoms with E-state index in [0.29, 0.717) is 34.0 Å². The van der Waals surface area contributed by atoms with Gasteiger partial charge < -0.3 is 9.88 Å². The molecule has 4 aromatic rings. The Hall–Kier alpha value is -5.13. The van der Waals surface area contributed by atoms with Crippen LogP contribution in [0.3, 0.4) is 0 Å². The van der Waals surface area contributed by atoms with Crippen LogP contribution < -0.4 is 10.7 Å². The molecule has 1 aromatic carbocycles. The molecule has 0 fully saturated rings. The van der Waals surface area contributed by atoms with Gasteiger partial charge in [-0.15, -0.1) is 0 Å². The zero-order valence-electron chi connectivity index (χ0n) is 22.0. The molecule has 0 aliphatic rings. The lowest BCUT2D eigenvalue weighted by Crippen LogP contribution is -2.07. The highest BCUT2D eigenvalue weighted by molar-refractivity contribution is 5.80. The van der Waals surface area contributed by atoms with Gasteiger partial charge in [-0.25, -0.2) is 20.4 Å². The molecule has 3 heterocycles. The molecule has 2 N–H and O–H groups in total. The van der Waals surface area contributed by atoms with E-state index < -0.39 is 11.7 Å². The molecule has 0 aliphatic carbocycles. The van der Waals surface area contributed by atoms with Crippen molar-refractivity contribution in [1.82, 2.24) is 24.5 Å². The van der Waals surface area contributed by atoms with Gasteiger partial charge in [-0.2, -0.15) is 18.3 Å². The Morgan fingerprint density at radius 2 is 1.85 bits per heavy atom. The normalized spacial score (nSPS) is 12.1. The van der Waals surface area contributed by atoms with Gasteiger partial charge in [0, 0.05) is 36.5 Å². The number of nitrogens with zero attached hydrogens (tertiary/aromatic N) is 7. The predicted molar refractivity (Wildman–Crippen MR) is 151 cm³/mol. The zero-order chi connectivity index (χ0) is 28.7. The molecule has 204 valence electrons. The smallest absolute Gasteiger partial charge is 0.354 e. The average molecular weight is 546 g/mol. The molecule has 0 saturated carbocycles. The largest absolute Gasteiger partial charge is 0.416 e. The van der Waals surface area contributed by atoms with Crippen molar-refractivity contribution in [3.63, 3.8) is 0 Å². The number of alkyl halides is 3. The molecule has 0 aliphatic heterocycles. The third-order valence-electron chi connectivity index (χ3n) is 5.41. The van der Waals surface area contributed by atoms with Crippen LogP contribution in [0, 0.1) is 13.8 Å². The van der Waals surface area contributed by atoms with E-state index in [-0.39, 0.29) is 11.6 Å². The number of halogens is 3. The molecule has 4 rings (SSSR count). The molecule has 0 amide bonds. The number of anilines is 3. The van der Waals surface area contributed by atoms with Gasteiger partial charge in [0.15, 0.2) is 0 Å². The van der Waals surface area contributed by atoms with Crippen molar-refractivity contribution < 1.29 is 13.2 Å². The van der Waals surface area contributed by atoms with Crippen LogP contribution in [0.25, 0.3) is 11.3 Å². The van der Waals surface area contributed by atoms with Gasteiger partial charge in [0.05, 0.1) is 47.1 Å². The van der Waals surface area contributed by atoms with E-state index in [9.17, 15) is 13.2 Å². The zero-order valence-corrected chi connectivity index (χ0v) is 22.0. The van der Waals surface area contributed by atoms with Gasteiger partial charge in [-0.3, -0.25) is 9.98 Å².